The Balaban J connectivity index is 1.66. The molecule has 6 heteroatoms. The van der Waals surface area contributed by atoms with Crippen molar-refractivity contribution in [3.63, 3.8) is 0 Å². The molecule has 4 nitrogen and oxygen atoms in total. The van der Waals surface area contributed by atoms with Gasteiger partial charge >= 0.3 is 5.97 Å². The third-order valence-electron chi connectivity index (χ3n) is 6.45. The Morgan fingerprint density at radius 1 is 1.09 bits per heavy atom. The average molecular weight is 477 g/mol. The standard InChI is InChI=1S/C27H28N2O2S2/c1-27(2)15-21-16-28(20-10-5-4-6-11-20)23-14-24(32-3)22(13-25(23)33-29(21)17-27)18-8-7-9-19(12-18)26(30)31/h4-14,21H,15-17H2,1-3H3,(H,30,31). The van der Waals surface area contributed by atoms with Gasteiger partial charge in [-0.3, -0.25) is 0 Å². The topological polar surface area (TPSA) is 43.8 Å². The molecule has 0 spiro atoms. The lowest BCUT2D eigenvalue weighted by Gasteiger charge is -2.28. The van der Waals surface area contributed by atoms with E-state index in [2.05, 4.69) is 71.8 Å². The van der Waals surface area contributed by atoms with Crippen LogP contribution in [0, 0.1) is 5.41 Å². The van der Waals surface area contributed by atoms with Crippen molar-refractivity contribution >= 4 is 41.1 Å². The fourth-order valence-electron chi connectivity index (χ4n) is 4.95. The van der Waals surface area contributed by atoms with Gasteiger partial charge in [0.15, 0.2) is 0 Å². The van der Waals surface area contributed by atoms with Crippen LogP contribution in [0.25, 0.3) is 11.1 Å². The molecule has 1 saturated heterocycles. The van der Waals surface area contributed by atoms with Crippen LogP contribution >= 0.6 is 23.7 Å². The van der Waals surface area contributed by atoms with Gasteiger partial charge < -0.3 is 10.0 Å². The second kappa shape index (κ2) is 8.75. The molecule has 1 unspecified atom stereocenters. The van der Waals surface area contributed by atoms with Crippen LogP contribution < -0.4 is 4.90 Å². The molecule has 0 bridgehead atoms. The molecule has 0 radical (unpaired) electrons. The zero-order valence-electron chi connectivity index (χ0n) is 19.1. The molecule has 3 aromatic carbocycles. The maximum absolute atomic E-state index is 11.6. The number of carboxylic acid groups (broad SMARTS) is 1. The van der Waals surface area contributed by atoms with Gasteiger partial charge in [0.05, 0.1) is 11.3 Å². The maximum Gasteiger partial charge on any atom is 0.335 e. The minimum atomic E-state index is -0.899. The molecule has 2 heterocycles. The van der Waals surface area contributed by atoms with Gasteiger partial charge in [0.25, 0.3) is 0 Å². The van der Waals surface area contributed by atoms with E-state index >= 15 is 0 Å². The Morgan fingerprint density at radius 2 is 1.88 bits per heavy atom. The first-order valence-electron chi connectivity index (χ1n) is 11.2. The highest BCUT2D eigenvalue weighted by Gasteiger charge is 2.41. The van der Waals surface area contributed by atoms with Gasteiger partial charge in [0, 0.05) is 34.6 Å². The second-order valence-corrected chi connectivity index (χ2v) is 11.5. The molecule has 0 saturated carbocycles. The number of hydrogen-bond acceptors (Lipinski definition) is 5. The molecule has 3 aromatic rings. The van der Waals surface area contributed by atoms with Gasteiger partial charge in [0.1, 0.15) is 0 Å². The van der Waals surface area contributed by atoms with Crippen molar-refractivity contribution in [3.8, 4) is 11.1 Å². The number of thioether (sulfide) groups is 1. The Labute approximate surface area is 204 Å². The summed E-state index contributed by atoms with van der Waals surface area (Å²) in [5, 5.41) is 9.50. The van der Waals surface area contributed by atoms with E-state index in [0.717, 1.165) is 29.1 Å². The molecule has 2 aliphatic heterocycles. The molecule has 1 fully saturated rings. The normalized spacial score (nSPS) is 19.6. The van der Waals surface area contributed by atoms with Crippen LogP contribution in [0.5, 0.6) is 0 Å². The van der Waals surface area contributed by atoms with E-state index in [1.165, 1.54) is 22.7 Å². The number of fused-ring (bicyclic) bond motifs is 2. The van der Waals surface area contributed by atoms with Gasteiger partial charge in [-0.25, -0.2) is 9.10 Å². The molecular weight excluding hydrogens is 448 g/mol. The highest BCUT2D eigenvalue weighted by Crippen LogP contribution is 2.50. The smallest absolute Gasteiger partial charge is 0.335 e. The van der Waals surface area contributed by atoms with Crippen molar-refractivity contribution in [2.75, 3.05) is 24.2 Å². The fourth-order valence-corrected chi connectivity index (χ4v) is 6.97. The van der Waals surface area contributed by atoms with Crippen molar-refractivity contribution in [1.29, 1.82) is 0 Å². The van der Waals surface area contributed by atoms with Gasteiger partial charge in [-0.05, 0) is 77.6 Å². The minimum absolute atomic E-state index is 0.287. The number of anilines is 2. The minimum Gasteiger partial charge on any atom is -0.478 e. The number of nitrogens with zero attached hydrogens (tertiary/aromatic N) is 2. The summed E-state index contributed by atoms with van der Waals surface area (Å²) in [5.74, 6) is -0.899. The van der Waals surface area contributed by atoms with E-state index in [1.54, 1.807) is 23.9 Å². The lowest BCUT2D eigenvalue weighted by Crippen LogP contribution is -2.32. The lowest BCUT2D eigenvalue weighted by molar-refractivity contribution is 0.0697. The first-order chi connectivity index (χ1) is 15.8. The van der Waals surface area contributed by atoms with Crippen LogP contribution in [-0.4, -0.2) is 40.8 Å². The highest BCUT2D eigenvalue weighted by molar-refractivity contribution is 7.98. The first-order valence-corrected chi connectivity index (χ1v) is 13.2. The third-order valence-corrected chi connectivity index (χ3v) is 8.41. The highest BCUT2D eigenvalue weighted by atomic mass is 32.2. The van der Waals surface area contributed by atoms with Crippen molar-refractivity contribution in [3.05, 3.63) is 72.3 Å². The molecule has 0 aliphatic carbocycles. The largest absolute Gasteiger partial charge is 0.478 e. The summed E-state index contributed by atoms with van der Waals surface area (Å²) in [6, 6.07) is 22.9. The van der Waals surface area contributed by atoms with E-state index in [0.29, 0.717) is 11.6 Å². The van der Waals surface area contributed by atoms with E-state index < -0.39 is 5.97 Å². The summed E-state index contributed by atoms with van der Waals surface area (Å²) in [4.78, 5) is 16.4. The number of hydrogen-bond donors (Lipinski definition) is 1. The predicted octanol–water partition coefficient (Wildman–Crippen LogP) is 7.03. The van der Waals surface area contributed by atoms with Crippen LogP contribution in [0.15, 0.2) is 76.5 Å². The zero-order chi connectivity index (χ0) is 23.2. The summed E-state index contributed by atoms with van der Waals surface area (Å²) in [5.41, 5.74) is 5.06. The van der Waals surface area contributed by atoms with Crippen molar-refractivity contribution in [2.24, 2.45) is 5.41 Å². The molecule has 1 atom stereocenters. The van der Waals surface area contributed by atoms with Crippen molar-refractivity contribution in [2.45, 2.75) is 36.1 Å². The Morgan fingerprint density at radius 3 is 2.61 bits per heavy atom. The number of carboxylic acids is 1. The number of carbonyl (C=O) groups is 1. The van der Waals surface area contributed by atoms with E-state index in [9.17, 15) is 9.90 Å². The molecule has 0 aromatic heterocycles. The van der Waals surface area contributed by atoms with E-state index in [1.807, 2.05) is 24.1 Å². The Bertz CT molecular complexity index is 1200. The van der Waals surface area contributed by atoms with Crippen LogP contribution in [0.4, 0.5) is 11.4 Å². The summed E-state index contributed by atoms with van der Waals surface area (Å²) in [6.07, 6.45) is 3.25. The van der Waals surface area contributed by atoms with Gasteiger partial charge in [-0.1, -0.05) is 44.2 Å². The van der Waals surface area contributed by atoms with Gasteiger partial charge in [-0.2, -0.15) is 0 Å². The van der Waals surface area contributed by atoms with Crippen molar-refractivity contribution < 1.29 is 9.90 Å². The zero-order valence-corrected chi connectivity index (χ0v) is 20.7. The summed E-state index contributed by atoms with van der Waals surface area (Å²) < 4.78 is 2.55. The van der Waals surface area contributed by atoms with Crippen molar-refractivity contribution in [1.82, 2.24) is 4.31 Å². The third kappa shape index (κ3) is 4.39. The SMILES string of the molecule is CSc1cc2c(cc1-c1cccc(C(=O)O)c1)SN1CC(C)(C)CC1CN2c1ccccc1. The van der Waals surface area contributed by atoms with Crippen LogP contribution in [0.3, 0.4) is 0 Å². The van der Waals surface area contributed by atoms with Gasteiger partial charge in [-0.15, -0.1) is 11.8 Å². The predicted molar refractivity (Wildman–Crippen MR) is 139 cm³/mol. The Kier molecular flexibility index (Phi) is 5.93. The number of para-hydroxylation sites is 1. The summed E-state index contributed by atoms with van der Waals surface area (Å²) in [6.45, 7) is 6.72. The lowest BCUT2D eigenvalue weighted by atomic mass is 9.90. The first kappa shape index (κ1) is 22.4. The number of aromatic carboxylic acids is 1. The average Bonchev–Trinajstić information content (AvgIpc) is 3.02. The van der Waals surface area contributed by atoms with Gasteiger partial charge in [0.2, 0.25) is 0 Å². The van der Waals surface area contributed by atoms with Crippen LogP contribution in [0.1, 0.15) is 30.6 Å². The fraction of sp³-hybridized carbons (Fsp3) is 0.296. The molecule has 33 heavy (non-hydrogen) atoms. The molecule has 5 rings (SSSR count). The molecule has 1 N–H and O–H groups in total. The molecule has 170 valence electrons. The summed E-state index contributed by atoms with van der Waals surface area (Å²) in [7, 11) is 0. The van der Waals surface area contributed by atoms with Crippen LogP contribution in [0.2, 0.25) is 0 Å². The quantitative estimate of drug-likeness (QED) is 0.322. The molecular formula is C27H28N2O2S2. The summed E-state index contributed by atoms with van der Waals surface area (Å²) >= 11 is 3.56. The molecule has 0 amide bonds. The molecule has 2 aliphatic rings. The maximum atomic E-state index is 11.6. The monoisotopic (exact) mass is 476 g/mol. The van der Waals surface area contributed by atoms with Crippen LogP contribution in [-0.2, 0) is 0 Å². The number of benzene rings is 3. The second-order valence-electron chi connectivity index (χ2n) is 9.54. The van der Waals surface area contributed by atoms with E-state index in [-0.39, 0.29) is 5.41 Å². The van der Waals surface area contributed by atoms with E-state index in [4.69, 9.17) is 0 Å². The number of rotatable bonds is 4. The Hall–Kier alpha value is -2.41.